The van der Waals surface area contributed by atoms with Crippen molar-refractivity contribution in [2.75, 3.05) is 18.1 Å². The Morgan fingerprint density at radius 2 is 2.29 bits per heavy atom. The summed E-state index contributed by atoms with van der Waals surface area (Å²) >= 11 is 5.96. The Morgan fingerprint density at radius 1 is 1.47 bits per heavy atom. The van der Waals surface area contributed by atoms with E-state index in [2.05, 4.69) is 9.88 Å². The standard InChI is InChI=1S/C13H19ClN2O/c14-10-11-4-2-7-15-13(11)16(8-3-9-17)12-5-1-6-12/h2,4,7,12,17H,1,3,5-6,8-10H2. The van der Waals surface area contributed by atoms with Gasteiger partial charge in [0.05, 0.1) is 5.88 Å². The molecule has 0 saturated heterocycles. The number of hydrogen-bond donors (Lipinski definition) is 1. The third-order valence-corrected chi connectivity index (χ3v) is 3.64. The van der Waals surface area contributed by atoms with E-state index in [4.69, 9.17) is 16.7 Å². The summed E-state index contributed by atoms with van der Waals surface area (Å²) in [7, 11) is 0. The summed E-state index contributed by atoms with van der Waals surface area (Å²) in [5, 5.41) is 8.99. The normalized spacial score (nSPS) is 15.6. The first-order chi connectivity index (χ1) is 8.36. The molecule has 1 aromatic rings. The second-order valence-corrected chi connectivity index (χ2v) is 4.74. The molecule has 0 atom stereocenters. The van der Waals surface area contributed by atoms with Crippen LogP contribution in [0.2, 0.25) is 0 Å². The van der Waals surface area contributed by atoms with E-state index in [0.717, 1.165) is 24.3 Å². The molecule has 0 unspecified atom stereocenters. The first kappa shape index (κ1) is 12.7. The Kier molecular flexibility index (Phi) is 4.63. The largest absolute Gasteiger partial charge is 0.396 e. The fourth-order valence-electron chi connectivity index (χ4n) is 2.19. The van der Waals surface area contributed by atoms with Crippen LogP contribution in [0.15, 0.2) is 18.3 Å². The van der Waals surface area contributed by atoms with Gasteiger partial charge in [0.25, 0.3) is 0 Å². The van der Waals surface area contributed by atoms with Crippen LogP contribution in [0.4, 0.5) is 5.82 Å². The molecule has 1 heterocycles. The fraction of sp³-hybridized carbons (Fsp3) is 0.615. The van der Waals surface area contributed by atoms with E-state index in [1.807, 2.05) is 18.3 Å². The van der Waals surface area contributed by atoms with Gasteiger partial charge in [0.2, 0.25) is 0 Å². The highest BCUT2D eigenvalue weighted by atomic mass is 35.5. The lowest BCUT2D eigenvalue weighted by Crippen LogP contribution is -2.42. The van der Waals surface area contributed by atoms with Crippen molar-refractivity contribution in [2.24, 2.45) is 0 Å². The molecule has 4 heteroatoms. The SMILES string of the molecule is OCCCN(c1ncccc1CCl)C1CCC1. The Hall–Kier alpha value is -0.800. The van der Waals surface area contributed by atoms with Crippen molar-refractivity contribution < 1.29 is 5.11 Å². The van der Waals surface area contributed by atoms with Crippen LogP contribution in [0.1, 0.15) is 31.2 Å². The molecule has 1 saturated carbocycles. The maximum atomic E-state index is 8.99. The maximum absolute atomic E-state index is 8.99. The van der Waals surface area contributed by atoms with E-state index < -0.39 is 0 Å². The molecule has 1 N–H and O–H groups in total. The van der Waals surface area contributed by atoms with Crippen molar-refractivity contribution in [3.8, 4) is 0 Å². The lowest BCUT2D eigenvalue weighted by molar-refractivity contribution is 0.282. The average molecular weight is 255 g/mol. The highest BCUT2D eigenvalue weighted by Gasteiger charge is 2.26. The first-order valence-electron chi connectivity index (χ1n) is 6.24. The number of anilines is 1. The van der Waals surface area contributed by atoms with Gasteiger partial charge >= 0.3 is 0 Å². The molecule has 0 aromatic carbocycles. The smallest absolute Gasteiger partial charge is 0.133 e. The van der Waals surface area contributed by atoms with E-state index in [1.54, 1.807) is 0 Å². The second kappa shape index (κ2) is 6.22. The minimum absolute atomic E-state index is 0.228. The third-order valence-electron chi connectivity index (χ3n) is 3.36. The van der Waals surface area contributed by atoms with Crippen molar-refractivity contribution in [3.63, 3.8) is 0 Å². The Morgan fingerprint density at radius 3 is 2.88 bits per heavy atom. The summed E-state index contributed by atoms with van der Waals surface area (Å²) in [5.41, 5.74) is 1.08. The number of nitrogens with zero attached hydrogens (tertiary/aromatic N) is 2. The molecular weight excluding hydrogens is 236 g/mol. The van der Waals surface area contributed by atoms with Gasteiger partial charge < -0.3 is 10.0 Å². The van der Waals surface area contributed by atoms with Crippen LogP contribution in [0, 0.1) is 0 Å². The quantitative estimate of drug-likeness (QED) is 0.793. The molecule has 3 nitrogen and oxygen atoms in total. The summed E-state index contributed by atoms with van der Waals surface area (Å²) < 4.78 is 0. The van der Waals surface area contributed by atoms with Crippen LogP contribution in [0.25, 0.3) is 0 Å². The van der Waals surface area contributed by atoms with Crippen LogP contribution in [0.3, 0.4) is 0 Å². The van der Waals surface area contributed by atoms with Gasteiger partial charge in [0.15, 0.2) is 0 Å². The van der Waals surface area contributed by atoms with Crippen LogP contribution >= 0.6 is 11.6 Å². The Balaban J connectivity index is 2.17. The zero-order chi connectivity index (χ0) is 12.1. The van der Waals surface area contributed by atoms with E-state index in [-0.39, 0.29) is 6.61 Å². The van der Waals surface area contributed by atoms with Crippen molar-refractivity contribution >= 4 is 17.4 Å². The Labute approximate surface area is 107 Å². The van der Waals surface area contributed by atoms with Gasteiger partial charge in [-0.2, -0.15) is 0 Å². The number of aliphatic hydroxyl groups is 1. The predicted octanol–water partition coefficient (Wildman–Crippen LogP) is 2.56. The molecule has 0 radical (unpaired) electrons. The van der Waals surface area contributed by atoms with Crippen molar-refractivity contribution in [3.05, 3.63) is 23.9 Å². The molecule has 0 spiro atoms. The Bertz CT molecular complexity index is 355. The highest BCUT2D eigenvalue weighted by Crippen LogP contribution is 2.30. The molecule has 1 aromatic heterocycles. The lowest BCUT2D eigenvalue weighted by atomic mass is 9.91. The number of rotatable bonds is 6. The van der Waals surface area contributed by atoms with Crippen LogP contribution < -0.4 is 4.90 Å². The van der Waals surface area contributed by atoms with Gasteiger partial charge in [-0.15, -0.1) is 11.6 Å². The molecule has 0 amide bonds. The summed E-state index contributed by atoms with van der Waals surface area (Å²) in [5.74, 6) is 1.49. The summed E-state index contributed by atoms with van der Waals surface area (Å²) in [4.78, 5) is 6.78. The molecule has 17 heavy (non-hydrogen) atoms. The lowest BCUT2D eigenvalue weighted by Gasteiger charge is -2.39. The van der Waals surface area contributed by atoms with Gasteiger partial charge in [-0.3, -0.25) is 0 Å². The molecule has 0 bridgehead atoms. The molecule has 2 rings (SSSR count). The van der Waals surface area contributed by atoms with Gasteiger partial charge in [0.1, 0.15) is 5.82 Å². The van der Waals surface area contributed by atoms with E-state index in [1.165, 1.54) is 19.3 Å². The van der Waals surface area contributed by atoms with E-state index in [9.17, 15) is 0 Å². The van der Waals surface area contributed by atoms with Crippen molar-refractivity contribution in [1.29, 1.82) is 0 Å². The molecule has 1 fully saturated rings. The fourth-order valence-corrected chi connectivity index (χ4v) is 2.40. The minimum atomic E-state index is 0.228. The molecule has 0 aliphatic heterocycles. The number of aliphatic hydroxyl groups excluding tert-OH is 1. The minimum Gasteiger partial charge on any atom is -0.396 e. The summed E-state index contributed by atoms with van der Waals surface area (Å²) in [6.07, 6.45) is 6.35. The van der Waals surface area contributed by atoms with E-state index in [0.29, 0.717) is 11.9 Å². The summed E-state index contributed by atoms with van der Waals surface area (Å²) in [6.45, 7) is 1.09. The van der Waals surface area contributed by atoms with Crippen LogP contribution in [-0.2, 0) is 5.88 Å². The zero-order valence-corrected chi connectivity index (χ0v) is 10.7. The summed E-state index contributed by atoms with van der Waals surface area (Å²) in [6, 6.07) is 4.53. The monoisotopic (exact) mass is 254 g/mol. The second-order valence-electron chi connectivity index (χ2n) is 4.48. The highest BCUT2D eigenvalue weighted by molar-refractivity contribution is 6.17. The van der Waals surface area contributed by atoms with Gasteiger partial charge in [-0.25, -0.2) is 4.98 Å². The molecule has 94 valence electrons. The van der Waals surface area contributed by atoms with Gasteiger partial charge in [-0.05, 0) is 31.7 Å². The number of hydrogen-bond acceptors (Lipinski definition) is 3. The van der Waals surface area contributed by atoms with Crippen molar-refractivity contribution in [2.45, 2.75) is 37.6 Å². The van der Waals surface area contributed by atoms with Crippen molar-refractivity contribution in [1.82, 2.24) is 4.98 Å². The van der Waals surface area contributed by atoms with Crippen LogP contribution in [0.5, 0.6) is 0 Å². The topological polar surface area (TPSA) is 36.4 Å². The average Bonchev–Trinajstić information content (AvgIpc) is 2.32. The van der Waals surface area contributed by atoms with Gasteiger partial charge in [-0.1, -0.05) is 6.07 Å². The first-order valence-corrected chi connectivity index (χ1v) is 6.77. The van der Waals surface area contributed by atoms with Crippen LogP contribution in [-0.4, -0.2) is 29.3 Å². The third kappa shape index (κ3) is 2.90. The zero-order valence-electron chi connectivity index (χ0n) is 9.98. The van der Waals surface area contributed by atoms with E-state index >= 15 is 0 Å². The number of halogens is 1. The number of pyridine rings is 1. The maximum Gasteiger partial charge on any atom is 0.133 e. The number of aromatic nitrogens is 1. The molecule has 1 aliphatic carbocycles. The predicted molar refractivity (Wildman–Crippen MR) is 70.5 cm³/mol. The molecular formula is C13H19ClN2O. The van der Waals surface area contributed by atoms with Gasteiger partial charge in [0, 0.05) is 31.0 Å². The molecule has 1 aliphatic rings. The number of alkyl halides is 1.